The molecular weight excluding hydrogens is 214 g/mol. The van der Waals surface area contributed by atoms with Crippen LogP contribution in [0, 0.1) is 5.92 Å². The first-order valence-corrected chi connectivity index (χ1v) is 6.43. The molecule has 0 unspecified atom stereocenters. The zero-order valence-corrected chi connectivity index (χ0v) is 10.6. The van der Waals surface area contributed by atoms with Crippen LogP contribution in [-0.2, 0) is 6.42 Å². The second kappa shape index (κ2) is 5.96. The van der Waals surface area contributed by atoms with Crippen molar-refractivity contribution in [1.29, 1.82) is 0 Å². The van der Waals surface area contributed by atoms with E-state index >= 15 is 0 Å². The zero-order valence-electron chi connectivity index (χ0n) is 10.6. The van der Waals surface area contributed by atoms with Crippen LogP contribution in [0.1, 0.15) is 32.4 Å². The van der Waals surface area contributed by atoms with Gasteiger partial charge in [0.25, 0.3) is 0 Å². The van der Waals surface area contributed by atoms with E-state index in [1.165, 1.54) is 0 Å². The summed E-state index contributed by atoms with van der Waals surface area (Å²) in [5.74, 6) is 1.30. The third-order valence-electron chi connectivity index (χ3n) is 2.90. The van der Waals surface area contributed by atoms with Crippen LogP contribution in [0.3, 0.4) is 0 Å². The summed E-state index contributed by atoms with van der Waals surface area (Å²) in [6, 6.07) is 0. The largest absolute Gasteiger partial charge is 0.473 e. The van der Waals surface area contributed by atoms with Crippen molar-refractivity contribution in [1.82, 2.24) is 15.3 Å². The van der Waals surface area contributed by atoms with Gasteiger partial charge in [-0.2, -0.15) is 0 Å². The smallest absolute Gasteiger partial charge is 0.235 e. The fourth-order valence-corrected chi connectivity index (χ4v) is 2.05. The lowest BCUT2D eigenvalue weighted by atomic mass is 10.1. The van der Waals surface area contributed by atoms with Crippen LogP contribution in [0.15, 0.2) is 12.4 Å². The van der Waals surface area contributed by atoms with Crippen molar-refractivity contribution in [3.8, 4) is 5.88 Å². The molecule has 0 aliphatic carbocycles. The lowest BCUT2D eigenvalue weighted by molar-refractivity contribution is 0.153. The van der Waals surface area contributed by atoms with Crippen molar-refractivity contribution < 1.29 is 4.74 Å². The summed E-state index contributed by atoms with van der Waals surface area (Å²) in [6.07, 6.45) is 6.77. The lowest BCUT2D eigenvalue weighted by Gasteiger charge is -2.24. The quantitative estimate of drug-likeness (QED) is 0.864. The molecular formula is C13H21N3O. The maximum Gasteiger partial charge on any atom is 0.235 e. The molecule has 0 atom stereocenters. The standard InChI is InChI=1S/C13H21N3O/c1-10(2)9-12-13(16-8-7-15-12)17-11-3-5-14-6-4-11/h7-8,10-11,14H,3-6,9H2,1-2H3. The summed E-state index contributed by atoms with van der Waals surface area (Å²) in [6.45, 7) is 6.43. The van der Waals surface area contributed by atoms with Gasteiger partial charge >= 0.3 is 0 Å². The number of rotatable bonds is 4. The van der Waals surface area contributed by atoms with Gasteiger partial charge in [0.15, 0.2) is 0 Å². The van der Waals surface area contributed by atoms with Gasteiger partial charge in [-0.15, -0.1) is 0 Å². The molecule has 0 bridgehead atoms. The zero-order chi connectivity index (χ0) is 12.1. The van der Waals surface area contributed by atoms with Gasteiger partial charge in [0, 0.05) is 12.4 Å². The van der Waals surface area contributed by atoms with Gasteiger partial charge in [0.1, 0.15) is 11.8 Å². The number of ether oxygens (including phenoxy) is 1. The van der Waals surface area contributed by atoms with Gasteiger partial charge < -0.3 is 10.1 Å². The van der Waals surface area contributed by atoms with Crippen LogP contribution in [0.25, 0.3) is 0 Å². The first-order chi connectivity index (χ1) is 8.25. The minimum Gasteiger partial charge on any atom is -0.473 e. The van der Waals surface area contributed by atoms with E-state index in [-0.39, 0.29) is 0 Å². The molecule has 1 aliphatic heterocycles. The fourth-order valence-electron chi connectivity index (χ4n) is 2.05. The van der Waals surface area contributed by atoms with Crippen LogP contribution in [0.5, 0.6) is 5.88 Å². The van der Waals surface area contributed by atoms with Gasteiger partial charge in [-0.3, -0.25) is 4.98 Å². The molecule has 1 saturated heterocycles. The van der Waals surface area contributed by atoms with E-state index in [0.29, 0.717) is 12.0 Å². The second-order valence-corrected chi connectivity index (χ2v) is 4.97. The van der Waals surface area contributed by atoms with Gasteiger partial charge in [-0.1, -0.05) is 13.8 Å². The highest BCUT2D eigenvalue weighted by molar-refractivity contribution is 5.18. The second-order valence-electron chi connectivity index (χ2n) is 4.97. The molecule has 2 rings (SSSR count). The molecule has 4 nitrogen and oxygen atoms in total. The fraction of sp³-hybridized carbons (Fsp3) is 0.692. The maximum absolute atomic E-state index is 5.97. The molecule has 2 heterocycles. The lowest BCUT2D eigenvalue weighted by Crippen LogP contribution is -2.34. The first-order valence-electron chi connectivity index (χ1n) is 6.43. The normalized spacial score (nSPS) is 17.4. The monoisotopic (exact) mass is 235 g/mol. The van der Waals surface area contributed by atoms with Gasteiger partial charge in [-0.05, 0) is 38.3 Å². The predicted molar refractivity (Wildman–Crippen MR) is 67.1 cm³/mol. The van der Waals surface area contributed by atoms with E-state index in [1.807, 2.05) is 0 Å². The average Bonchev–Trinajstić information content (AvgIpc) is 2.32. The van der Waals surface area contributed by atoms with E-state index in [9.17, 15) is 0 Å². The van der Waals surface area contributed by atoms with Crippen molar-refractivity contribution in [3.63, 3.8) is 0 Å². The number of nitrogens with zero attached hydrogens (tertiary/aromatic N) is 2. The number of hydrogen-bond donors (Lipinski definition) is 1. The van der Waals surface area contributed by atoms with Gasteiger partial charge in [0.05, 0.1) is 0 Å². The molecule has 94 valence electrons. The van der Waals surface area contributed by atoms with E-state index in [4.69, 9.17) is 4.74 Å². The molecule has 1 fully saturated rings. The summed E-state index contributed by atoms with van der Waals surface area (Å²) in [5, 5.41) is 3.33. The number of piperidine rings is 1. The molecule has 1 N–H and O–H groups in total. The van der Waals surface area contributed by atoms with Crippen molar-refractivity contribution in [2.75, 3.05) is 13.1 Å². The predicted octanol–water partition coefficient (Wildman–Crippen LogP) is 1.81. The van der Waals surface area contributed by atoms with E-state index in [1.54, 1.807) is 12.4 Å². The Hall–Kier alpha value is -1.16. The molecule has 0 aromatic carbocycles. The van der Waals surface area contributed by atoms with Crippen LogP contribution in [0.2, 0.25) is 0 Å². The van der Waals surface area contributed by atoms with Gasteiger partial charge in [-0.25, -0.2) is 4.98 Å². The Balaban J connectivity index is 2.03. The highest BCUT2D eigenvalue weighted by Crippen LogP contribution is 2.19. The Morgan fingerprint density at radius 3 is 2.71 bits per heavy atom. The summed E-state index contributed by atoms with van der Waals surface area (Å²) in [7, 11) is 0. The van der Waals surface area contributed by atoms with Crippen molar-refractivity contribution >= 4 is 0 Å². The van der Waals surface area contributed by atoms with E-state index < -0.39 is 0 Å². The molecule has 0 saturated carbocycles. The third-order valence-corrected chi connectivity index (χ3v) is 2.90. The first kappa shape index (κ1) is 12.3. The maximum atomic E-state index is 5.97. The van der Waals surface area contributed by atoms with Crippen LogP contribution < -0.4 is 10.1 Å². The Morgan fingerprint density at radius 1 is 1.29 bits per heavy atom. The Kier molecular flexibility index (Phi) is 4.31. The molecule has 1 aromatic rings. The highest BCUT2D eigenvalue weighted by Gasteiger charge is 2.17. The molecule has 17 heavy (non-hydrogen) atoms. The van der Waals surface area contributed by atoms with Crippen LogP contribution >= 0.6 is 0 Å². The van der Waals surface area contributed by atoms with E-state index in [2.05, 4.69) is 29.1 Å². The Morgan fingerprint density at radius 2 is 2.00 bits per heavy atom. The summed E-state index contributed by atoms with van der Waals surface area (Å²) >= 11 is 0. The number of nitrogens with one attached hydrogen (secondary N) is 1. The van der Waals surface area contributed by atoms with Crippen LogP contribution in [-0.4, -0.2) is 29.2 Å². The molecule has 0 amide bonds. The minimum atomic E-state index is 0.291. The Labute approximate surface area is 103 Å². The molecule has 0 spiro atoms. The Bertz CT molecular complexity index is 348. The van der Waals surface area contributed by atoms with Gasteiger partial charge in [0.2, 0.25) is 5.88 Å². The molecule has 4 heteroatoms. The van der Waals surface area contributed by atoms with Crippen molar-refractivity contribution in [2.24, 2.45) is 5.92 Å². The van der Waals surface area contributed by atoms with Crippen molar-refractivity contribution in [3.05, 3.63) is 18.1 Å². The SMILES string of the molecule is CC(C)Cc1nccnc1OC1CCNCC1. The third kappa shape index (κ3) is 3.66. The number of aromatic nitrogens is 2. The minimum absolute atomic E-state index is 0.291. The topological polar surface area (TPSA) is 47.0 Å². The molecule has 1 aliphatic rings. The van der Waals surface area contributed by atoms with E-state index in [0.717, 1.165) is 43.9 Å². The summed E-state index contributed by atoms with van der Waals surface area (Å²) in [4.78, 5) is 8.70. The number of hydrogen-bond acceptors (Lipinski definition) is 4. The molecule has 1 aromatic heterocycles. The van der Waals surface area contributed by atoms with Crippen molar-refractivity contribution in [2.45, 2.75) is 39.2 Å². The summed E-state index contributed by atoms with van der Waals surface area (Å²) in [5.41, 5.74) is 0.987. The summed E-state index contributed by atoms with van der Waals surface area (Å²) < 4.78 is 5.97. The average molecular weight is 235 g/mol. The highest BCUT2D eigenvalue weighted by atomic mass is 16.5. The van der Waals surface area contributed by atoms with Crippen LogP contribution in [0.4, 0.5) is 0 Å². The molecule has 0 radical (unpaired) electrons.